The maximum Gasteiger partial charge on any atom is 0.258 e. The van der Waals surface area contributed by atoms with Gasteiger partial charge in [0.25, 0.3) is 11.8 Å². The summed E-state index contributed by atoms with van der Waals surface area (Å²) in [6, 6.07) is 12.7. The van der Waals surface area contributed by atoms with Gasteiger partial charge in [0.2, 0.25) is 0 Å². The lowest BCUT2D eigenvalue weighted by Gasteiger charge is -2.22. The van der Waals surface area contributed by atoms with E-state index in [-0.39, 0.29) is 11.5 Å². The fraction of sp³-hybridized carbons (Fsp3) is 0.300. The largest absolute Gasteiger partial charge is 0.339 e. The minimum absolute atomic E-state index is 0.0421. The maximum atomic E-state index is 13.8. The van der Waals surface area contributed by atoms with Crippen LogP contribution in [-0.4, -0.2) is 29.8 Å². The summed E-state index contributed by atoms with van der Waals surface area (Å²) in [5, 5.41) is 2.68. The molecule has 2 aromatic rings. The van der Waals surface area contributed by atoms with Crippen LogP contribution in [0.5, 0.6) is 0 Å². The first-order valence-electron chi connectivity index (χ1n) is 8.61. The fourth-order valence-corrected chi connectivity index (χ4v) is 3.06. The van der Waals surface area contributed by atoms with Gasteiger partial charge in [0.15, 0.2) is 0 Å². The van der Waals surface area contributed by atoms with E-state index in [2.05, 4.69) is 5.32 Å². The number of benzene rings is 2. The molecule has 0 aromatic heterocycles. The Labute approximate surface area is 146 Å². The van der Waals surface area contributed by atoms with E-state index >= 15 is 0 Å². The van der Waals surface area contributed by atoms with Crippen molar-refractivity contribution in [3.05, 3.63) is 65.5 Å². The molecule has 2 amide bonds. The third kappa shape index (κ3) is 4.05. The van der Waals surface area contributed by atoms with Crippen molar-refractivity contribution in [3.8, 4) is 0 Å². The number of nitrogens with one attached hydrogen (secondary N) is 1. The zero-order valence-corrected chi connectivity index (χ0v) is 14.0. The number of halogens is 1. The second-order valence-corrected chi connectivity index (χ2v) is 6.19. The number of rotatable bonds is 3. The van der Waals surface area contributed by atoms with E-state index in [0.29, 0.717) is 11.3 Å². The van der Waals surface area contributed by atoms with Gasteiger partial charge in [0, 0.05) is 13.1 Å². The van der Waals surface area contributed by atoms with Gasteiger partial charge < -0.3 is 10.2 Å². The number of carbonyl (C=O) groups excluding carboxylic acids is 2. The molecule has 3 rings (SSSR count). The average molecular weight is 340 g/mol. The number of hydrogen-bond acceptors (Lipinski definition) is 2. The number of hydrogen-bond donors (Lipinski definition) is 1. The standard InChI is InChI=1S/C20H21FN2O2/c21-17-11-5-3-9-15(17)19(24)22-18-12-6-4-10-16(18)20(25)23-13-7-1-2-8-14-23/h3-6,9-12H,1-2,7-8,13-14H2,(H,22,24). The third-order valence-electron chi connectivity index (χ3n) is 4.42. The second kappa shape index (κ2) is 7.92. The summed E-state index contributed by atoms with van der Waals surface area (Å²) in [7, 11) is 0. The number of likely N-dealkylation sites (tertiary alicyclic amines) is 1. The lowest BCUT2D eigenvalue weighted by Crippen LogP contribution is -2.32. The van der Waals surface area contributed by atoms with Crippen molar-refractivity contribution < 1.29 is 14.0 Å². The van der Waals surface area contributed by atoms with Crippen LogP contribution >= 0.6 is 0 Å². The molecule has 1 N–H and O–H groups in total. The van der Waals surface area contributed by atoms with Gasteiger partial charge in [-0.05, 0) is 37.1 Å². The summed E-state index contributed by atoms with van der Waals surface area (Å²) < 4.78 is 13.8. The number of para-hydroxylation sites is 1. The second-order valence-electron chi connectivity index (χ2n) is 6.19. The highest BCUT2D eigenvalue weighted by atomic mass is 19.1. The highest BCUT2D eigenvalue weighted by Gasteiger charge is 2.21. The van der Waals surface area contributed by atoms with Crippen LogP contribution in [0.2, 0.25) is 0 Å². The average Bonchev–Trinajstić information content (AvgIpc) is 2.91. The molecule has 0 atom stereocenters. The van der Waals surface area contributed by atoms with Crippen LogP contribution in [0.4, 0.5) is 10.1 Å². The number of nitrogens with zero attached hydrogens (tertiary/aromatic N) is 1. The molecule has 5 heteroatoms. The molecule has 4 nitrogen and oxygen atoms in total. The molecule has 0 aliphatic carbocycles. The van der Waals surface area contributed by atoms with Gasteiger partial charge >= 0.3 is 0 Å². The Morgan fingerprint density at radius 1 is 0.840 bits per heavy atom. The fourth-order valence-electron chi connectivity index (χ4n) is 3.06. The van der Waals surface area contributed by atoms with Crippen molar-refractivity contribution in [2.24, 2.45) is 0 Å². The predicted octanol–water partition coefficient (Wildman–Crippen LogP) is 4.09. The van der Waals surface area contributed by atoms with Gasteiger partial charge in [-0.25, -0.2) is 4.39 Å². The van der Waals surface area contributed by atoms with Crippen molar-refractivity contribution in [2.75, 3.05) is 18.4 Å². The first-order valence-corrected chi connectivity index (χ1v) is 8.61. The van der Waals surface area contributed by atoms with Crippen molar-refractivity contribution in [2.45, 2.75) is 25.7 Å². The van der Waals surface area contributed by atoms with Crippen LogP contribution in [0.25, 0.3) is 0 Å². The van der Waals surface area contributed by atoms with E-state index in [4.69, 9.17) is 0 Å². The predicted molar refractivity (Wildman–Crippen MR) is 95.2 cm³/mol. The van der Waals surface area contributed by atoms with Gasteiger partial charge in [-0.2, -0.15) is 0 Å². The molecule has 1 aliphatic rings. The van der Waals surface area contributed by atoms with Crippen molar-refractivity contribution >= 4 is 17.5 Å². The van der Waals surface area contributed by atoms with Crippen LogP contribution in [0.3, 0.4) is 0 Å². The zero-order chi connectivity index (χ0) is 17.6. The summed E-state index contributed by atoms with van der Waals surface area (Å²) in [4.78, 5) is 27.1. The van der Waals surface area contributed by atoms with E-state index in [0.717, 1.165) is 38.8 Å². The van der Waals surface area contributed by atoms with Crippen LogP contribution in [0, 0.1) is 5.82 Å². The molecule has 1 fully saturated rings. The lowest BCUT2D eigenvalue weighted by atomic mass is 10.1. The van der Waals surface area contributed by atoms with Gasteiger partial charge in [0.05, 0.1) is 16.8 Å². The smallest absolute Gasteiger partial charge is 0.258 e. The minimum Gasteiger partial charge on any atom is -0.339 e. The zero-order valence-electron chi connectivity index (χ0n) is 14.0. The molecular formula is C20H21FN2O2. The van der Waals surface area contributed by atoms with Crippen LogP contribution in [-0.2, 0) is 0 Å². The van der Waals surface area contributed by atoms with E-state index < -0.39 is 11.7 Å². The molecule has 130 valence electrons. The Morgan fingerprint density at radius 2 is 1.44 bits per heavy atom. The Bertz CT molecular complexity index is 768. The molecule has 2 aromatic carbocycles. The third-order valence-corrected chi connectivity index (χ3v) is 4.42. The lowest BCUT2D eigenvalue weighted by molar-refractivity contribution is 0.0762. The summed E-state index contributed by atoms with van der Waals surface area (Å²) in [6.07, 6.45) is 4.26. The molecule has 0 spiro atoms. The summed E-state index contributed by atoms with van der Waals surface area (Å²) >= 11 is 0. The SMILES string of the molecule is O=C(Nc1ccccc1C(=O)N1CCCCCC1)c1ccccc1F. The molecule has 1 saturated heterocycles. The molecule has 25 heavy (non-hydrogen) atoms. The highest BCUT2D eigenvalue weighted by molar-refractivity contribution is 6.09. The molecule has 0 unspecified atom stereocenters. The van der Waals surface area contributed by atoms with E-state index in [1.54, 1.807) is 30.3 Å². The normalized spacial score (nSPS) is 14.7. The number of amides is 2. The number of anilines is 1. The number of carbonyl (C=O) groups is 2. The summed E-state index contributed by atoms with van der Waals surface area (Å²) in [5.74, 6) is -1.24. The quantitative estimate of drug-likeness (QED) is 0.915. The molecular weight excluding hydrogens is 319 g/mol. The summed E-state index contributed by atoms with van der Waals surface area (Å²) in [5.41, 5.74) is 0.804. The van der Waals surface area contributed by atoms with Crippen molar-refractivity contribution in [1.82, 2.24) is 4.90 Å². The Hall–Kier alpha value is -2.69. The van der Waals surface area contributed by atoms with Crippen molar-refractivity contribution in [3.63, 3.8) is 0 Å². The van der Waals surface area contributed by atoms with Crippen molar-refractivity contribution in [1.29, 1.82) is 0 Å². The molecule has 0 saturated carbocycles. The molecule has 1 aliphatic heterocycles. The van der Waals surface area contributed by atoms with Gasteiger partial charge in [0.1, 0.15) is 5.82 Å². The van der Waals surface area contributed by atoms with Crippen LogP contribution < -0.4 is 5.32 Å². The Kier molecular flexibility index (Phi) is 5.43. The maximum absolute atomic E-state index is 13.8. The van der Waals surface area contributed by atoms with E-state index in [1.807, 2.05) is 4.90 Å². The highest BCUT2D eigenvalue weighted by Crippen LogP contribution is 2.21. The van der Waals surface area contributed by atoms with E-state index in [9.17, 15) is 14.0 Å². The van der Waals surface area contributed by atoms with Gasteiger partial charge in [-0.3, -0.25) is 9.59 Å². The van der Waals surface area contributed by atoms with Gasteiger partial charge in [-0.1, -0.05) is 37.1 Å². The molecule has 0 bridgehead atoms. The monoisotopic (exact) mass is 340 g/mol. The Balaban J connectivity index is 1.82. The summed E-state index contributed by atoms with van der Waals surface area (Å²) in [6.45, 7) is 1.46. The van der Waals surface area contributed by atoms with Crippen LogP contribution in [0.1, 0.15) is 46.4 Å². The van der Waals surface area contributed by atoms with Gasteiger partial charge in [-0.15, -0.1) is 0 Å². The molecule has 1 heterocycles. The Morgan fingerprint density at radius 3 is 2.12 bits per heavy atom. The molecule has 0 radical (unpaired) electrons. The van der Waals surface area contributed by atoms with E-state index in [1.165, 1.54) is 18.2 Å². The first kappa shape index (κ1) is 17.1. The minimum atomic E-state index is -0.587. The topological polar surface area (TPSA) is 49.4 Å². The first-order chi connectivity index (χ1) is 12.2. The van der Waals surface area contributed by atoms with Crippen LogP contribution in [0.15, 0.2) is 48.5 Å².